The zero-order valence-corrected chi connectivity index (χ0v) is 21.6. The molecule has 1 fully saturated rings. The van der Waals surface area contributed by atoms with Crippen molar-refractivity contribution in [1.29, 1.82) is 0 Å². The molecule has 10 heteroatoms. The second-order valence-corrected chi connectivity index (χ2v) is 10.7. The molecule has 0 saturated carbocycles. The molecule has 1 aromatic heterocycles. The fraction of sp³-hybridized carbons (Fsp3) is 0.214. The molecule has 3 aromatic carbocycles. The SMILES string of the molecule is COc1ccc(NS(=O)(=O)c2cc(NC(=O)c3cc4ccccc4oc3=O)ccc2N2CCCCC2)cc1. The molecular formula is C28H27N3O6S. The van der Waals surface area contributed by atoms with Crippen LogP contribution in [0.15, 0.2) is 86.9 Å². The van der Waals surface area contributed by atoms with Crippen LogP contribution in [0.25, 0.3) is 11.0 Å². The predicted molar refractivity (Wildman–Crippen MR) is 147 cm³/mol. The Kier molecular flexibility index (Phi) is 7.06. The lowest BCUT2D eigenvalue weighted by atomic mass is 10.1. The Labute approximate surface area is 220 Å². The molecule has 196 valence electrons. The number of sulfonamides is 1. The van der Waals surface area contributed by atoms with Gasteiger partial charge in [-0.3, -0.25) is 9.52 Å². The third-order valence-electron chi connectivity index (χ3n) is 6.43. The highest BCUT2D eigenvalue weighted by atomic mass is 32.2. The molecule has 0 bridgehead atoms. The number of anilines is 3. The van der Waals surface area contributed by atoms with E-state index in [9.17, 15) is 18.0 Å². The third-order valence-corrected chi connectivity index (χ3v) is 7.84. The van der Waals surface area contributed by atoms with Gasteiger partial charge in [0.05, 0.1) is 12.8 Å². The first kappa shape index (κ1) is 25.3. The van der Waals surface area contributed by atoms with Gasteiger partial charge in [-0.05, 0) is 73.9 Å². The maximum atomic E-state index is 13.6. The van der Waals surface area contributed by atoms with E-state index in [-0.39, 0.29) is 16.1 Å². The number of carbonyl (C=O) groups excluding carboxylic acids is 1. The lowest BCUT2D eigenvalue weighted by Gasteiger charge is -2.30. The van der Waals surface area contributed by atoms with E-state index in [0.29, 0.717) is 28.1 Å². The summed E-state index contributed by atoms with van der Waals surface area (Å²) in [5.41, 5.74) is 0.577. The first-order chi connectivity index (χ1) is 18.3. The number of hydrogen-bond donors (Lipinski definition) is 2. The number of para-hydroxylation sites is 1. The van der Waals surface area contributed by atoms with Crippen LogP contribution in [0.1, 0.15) is 29.6 Å². The summed E-state index contributed by atoms with van der Waals surface area (Å²) >= 11 is 0. The van der Waals surface area contributed by atoms with Gasteiger partial charge in [0, 0.05) is 29.9 Å². The zero-order valence-electron chi connectivity index (χ0n) is 20.8. The first-order valence-corrected chi connectivity index (χ1v) is 13.7. The largest absolute Gasteiger partial charge is 0.497 e. The number of benzene rings is 3. The van der Waals surface area contributed by atoms with Gasteiger partial charge < -0.3 is 19.4 Å². The quantitative estimate of drug-likeness (QED) is 0.326. The number of nitrogens with zero attached hydrogens (tertiary/aromatic N) is 1. The second-order valence-electron chi connectivity index (χ2n) is 9.00. The molecule has 1 aliphatic rings. The van der Waals surface area contributed by atoms with Crippen molar-refractivity contribution in [2.24, 2.45) is 0 Å². The summed E-state index contributed by atoms with van der Waals surface area (Å²) in [5, 5.41) is 3.26. The topological polar surface area (TPSA) is 118 Å². The molecule has 0 radical (unpaired) electrons. The monoisotopic (exact) mass is 533 g/mol. The van der Waals surface area contributed by atoms with Crippen molar-refractivity contribution >= 4 is 44.0 Å². The average Bonchev–Trinajstić information content (AvgIpc) is 2.93. The van der Waals surface area contributed by atoms with E-state index in [1.54, 1.807) is 60.7 Å². The Morgan fingerprint density at radius 2 is 1.63 bits per heavy atom. The lowest BCUT2D eigenvalue weighted by molar-refractivity contribution is 0.102. The minimum Gasteiger partial charge on any atom is -0.497 e. The molecule has 38 heavy (non-hydrogen) atoms. The van der Waals surface area contributed by atoms with Gasteiger partial charge in [-0.2, -0.15) is 0 Å². The van der Waals surface area contributed by atoms with Gasteiger partial charge >= 0.3 is 5.63 Å². The summed E-state index contributed by atoms with van der Waals surface area (Å²) < 4.78 is 40.2. The van der Waals surface area contributed by atoms with Crippen molar-refractivity contribution in [3.05, 3.63) is 88.8 Å². The van der Waals surface area contributed by atoms with E-state index >= 15 is 0 Å². The highest BCUT2D eigenvalue weighted by molar-refractivity contribution is 7.92. The maximum absolute atomic E-state index is 13.6. The summed E-state index contributed by atoms with van der Waals surface area (Å²) in [7, 11) is -2.50. The van der Waals surface area contributed by atoms with Crippen LogP contribution in [0.4, 0.5) is 17.1 Å². The van der Waals surface area contributed by atoms with E-state index in [4.69, 9.17) is 9.15 Å². The van der Waals surface area contributed by atoms with Gasteiger partial charge in [0.25, 0.3) is 15.9 Å². The van der Waals surface area contributed by atoms with Crippen LogP contribution in [0.5, 0.6) is 5.75 Å². The highest BCUT2D eigenvalue weighted by Gasteiger charge is 2.25. The van der Waals surface area contributed by atoms with Crippen LogP contribution in [0.3, 0.4) is 0 Å². The van der Waals surface area contributed by atoms with Gasteiger partial charge in [0.2, 0.25) is 0 Å². The number of rotatable bonds is 7. The molecule has 0 atom stereocenters. The Morgan fingerprint density at radius 1 is 0.921 bits per heavy atom. The minimum atomic E-state index is -4.04. The summed E-state index contributed by atoms with van der Waals surface area (Å²) in [6.07, 6.45) is 3.01. The summed E-state index contributed by atoms with van der Waals surface area (Å²) in [4.78, 5) is 27.5. The van der Waals surface area contributed by atoms with Crippen LogP contribution in [0.2, 0.25) is 0 Å². The molecule has 1 amide bonds. The van der Waals surface area contributed by atoms with Crippen molar-refractivity contribution < 1.29 is 22.4 Å². The number of carbonyl (C=O) groups is 1. The predicted octanol–water partition coefficient (Wildman–Crippen LogP) is 4.85. The van der Waals surface area contributed by atoms with E-state index in [0.717, 1.165) is 32.4 Å². The van der Waals surface area contributed by atoms with E-state index in [1.807, 2.05) is 4.90 Å². The standard InChI is InChI=1S/C28H27N3O6S/c1-36-22-12-9-20(10-13-22)30-38(34,35)26-18-21(11-14-24(26)31-15-5-2-6-16-31)29-27(32)23-17-19-7-3-4-8-25(19)37-28(23)33/h3-4,7-14,17-18,30H,2,5-6,15-16H2,1H3,(H,29,32). The van der Waals surface area contributed by atoms with Gasteiger partial charge in [0.1, 0.15) is 21.8 Å². The smallest absolute Gasteiger partial charge is 0.349 e. The van der Waals surface area contributed by atoms with Crippen LogP contribution in [0, 0.1) is 0 Å². The van der Waals surface area contributed by atoms with E-state index < -0.39 is 21.6 Å². The second kappa shape index (κ2) is 10.6. The Hall–Kier alpha value is -4.31. The molecule has 2 N–H and O–H groups in total. The molecule has 0 aliphatic carbocycles. The van der Waals surface area contributed by atoms with E-state index in [1.165, 1.54) is 19.2 Å². The fourth-order valence-corrected chi connectivity index (χ4v) is 5.80. The van der Waals surface area contributed by atoms with Crippen molar-refractivity contribution in [3.63, 3.8) is 0 Å². The van der Waals surface area contributed by atoms with Crippen LogP contribution < -0.4 is 25.3 Å². The van der Waals surface area contributed by atoms with Crippen molar-refractivity contribution in [1.82, 2.24) is 0 Å². The van der Waals surface area contributed by atoms with Gasteiger partial charge in [-0.15, -0.1) is 0 Å². The number of fused-ring (bicyclic) bond motifs is 1. The zero-order chi connectivity index (χ0) is 26.7. The van der Waals surface area contributed by atoms with Gasteiger partial charge in [0.15, 0.2) is 0 Å². The highest BCUT2D eigenvalue weighted by Crippen LogP contribution is 2.32. The van der Waals surface area contributed by atoms with Crippen molar-refractivity contribution in [2.75, 3.05) is 35.1 Å². The molecule has 0 spiro atoms. The maximum Gasteiger partial charge on any atom is 0.349 e. The van der Waals surface area contributed by atoms with Crippen LogP contribution in [-0.2, 0) is 10.0 Å². The lowest BCUT2D eigenvalue weighted by Crippen LogP contribution is -2.31. The number of methoxy groups -OCH3 is 1. The molecule has 0 unspecified atom stereocenters. The number of hydrogen-bond acceptors (Lipinski definition) is 7. The van der Waals surface area contributed by atoms with Gasteiger partial charge in [-0.1, -0.05) is 18.2 Å². The third kappa shape index (κ3) is 5.35. The molecular weight excluding hydrogens is 506 g/mol. The Balaban J connectivity index is 1.49. The van der Waals surface area contributed by atoms with Crippen LogP contribution in [-0.4, -0.2) is 34.5 Å². The van der Waals surface area contributed by atoms with E-state index in [2.05, 4.69) is 10.0 Å². The molecule has 1 aliphatic heterocycles. The van der Waals surface area contributed by atoms with Gasteiger partial charge in [-0.25, -0.2) is 13.2 Å². The van der Waals surface area contributed by atoms with Crippen molar-refractivity contribution in [2.45, 2.75) is 24.2 Å². The van der Waals surface area contributed by atoms with Crippen molar-refractivity contribution in [3.8, 4) is 5.75 Å². The molecule has 2 heterocycles. The summed E-state index contributed by atoms with van der Waals surface area (Å²) in [5.74, 6) is -0.0912. The summed E-state index contributed by atoms with van der Waals surface area (Å²) in [6.45, 7) is 1.46. The Morgan fingerprint density at radius 3 is 2.37 bits per heavy atom. The van der Waals surface area contributed by atoms with Crippen LogP contribution >= 0.6 is 0 Å². The average molecular weight is 534 g/mol. The molecule has 9 nitrogen and oxygen atoms in total. The number of piperidine rings is 1. The number of amides is 1. The first-order valence-electron chi connectivity index (χ1n) is 12.2. The molecule has 5 rings (SSSR count). The fourth-order valence-electron chi connectivity index (χ4n) is 4.49. The molecule has 1 saturated heterocycles. The normalized spacial score (nSPS) is 13.8. The minimum absolute atomic E-state index is 0.0264. The number of nitrogens with one attached hydrogen (secondary N) is 2. The Bertz CT molecular complexity index is 1640. The summed E-state index contributed by atoms with van der Waals surface area (Å²) in [6, 6.07) is 19.6. The number of ether oxygens (including phenoxy) is 1. The molecule has 4 aromatic rings.